The van der Waals surface area contributed by atoms with E-state index in [1.165, 1.54) is 6.20 Å². The minimum Gasteiger partial charge on any atom is -0.481 e. The summed E-state index contributed by atoms with van der Waals surface area (Å²) >= 11 is 0. The maximum atomic E-state index is 14.6. The van der Waals surface area contributed by atoms with E-state index in [9.17, 15) is 12.8 Å². The Morgan fingerprint density at radius 3 is 2.65 bits per heavy atom. The summed E-state index contributed by atoms with van der Waals surface area (Å²) in [6.07, 6.45) is 6.05. The number of methoxy groups -OCH3 is 1. The number of H-pyrrole nitrogens is 1. The lowest BCUT2D eigenvalue weighted by Gasteiger charge is -2.08. The van der Waals surface area contributed by atoms with Gasteiger partial charge in [0, 0.05) is 54.8 Å². The number of nitrogens with one attached hydrogen (secondary N) is 2. The van der Waals surface area contributed by atoms with E-state index in [-0.39, 0.29) is 11.3 Å². The van der Waals surface area contributed by atoms with Crippen LogP contribution in [0.25, 0.3) is 11.0 Å². The Morgan fingerprint density at radius 2 is 1.97 bits per heavy atom. The van der Waals surface area contributed by atoms with Gasteiger partial charge in [0.05, 0.1) is 12.0 Å². The van der Waals surface area contributed by atoms with Crippen molar-refractivity contribution in [3.8, 4) is 5.88 Å². The van der Waals surface area contributed by atoms with E-state index in [4.69, 9.17) is 4.74 Å². The molecule has 2 N–H and O–H groups in total. The van der Waals surface area contributed by atoms with Crippen LogP contribution in [-0.4, -0.2) is 41.7 Å². The van der Waals surface area contributed by atoms with Crippen LogP contribution in [0, 0.1) is 5.95 Å². The quantitative estimate of drug-likeness (QED) is 0.424. The Kier molecular flexibility index (Phi) is 5.55. The van der Waals surface area contributed by atoms with Crippen LogP contribution in [-0.2, 0) is 22.8 Å². The molecule has 4 aromatic heterocycles. The molecule has 31 heavy (non-hydrogen) atoms. The van der Waals surface area contributed by atoms with Gasteiger partial charge < -0.3 is 15.0 Å². The normalized spacial score (nSPS) is 11.6. The predicted octanol–water partition coefficient (Wildman–Crippen LogP) is 3.11. The monoisotopic (exact) mass is 441 g/mol. The van der Waals surface area contributed by atoms with Gasteiger partial charge in [-0.15, -0.1) is 0 Å². The van der Waals surface area contributed by atoms with Crippen molar-refractivity contribution in [3.05, 3.63) is 71.6 Å². The van der Waals surface area contributed by atoms with Gasteiger partial charge in [-0.1, -0.05) is 12.1 Å². The van der Waals surface area contributed by atoms with Gasteiger partial charge in [-0.25, -0.2) is 23.4 Å². The summed E-state index contributed by atoms with van der Waals surface area (Å²) in [5.41, 5.74) is 2.57. The third-order valence-corrected chi connectivity index (χ3v) is 5.89. The number of hydrogen-bond donors (Lipinski definition) is 2. The number of ether oxygens (including phenoxy) is 1. The molecular weight excluding hydrogens is 421 g/mol. The third-order valence-electron chi connectivity index (χ3n) is 4.81. The molecule has 0 saturated carbocycles. The molecule has 0 aliphatic carbocycles. The lowest BCUT2D eigenvalue weighted by molar-refractivity contribution is 0.397. The van der Waals surface area contributed by atoms with E-state index in [0.29, 0.717) is 34.8 Å². The van der Waals surface area contributed by atoms with Crippen molar-refractivity contribution in [3.63, 3.8) is 0 Å². The molecule has 0 fully saturated rings. The first-order valence-corrected chi connectivity index (χ1v) is 11.3. The minimum absolute atomic E-state index is 0.118. The molecule has 0 saturated heterocycles. The Bertz CT molecular complexity index is 1340. The van der Waals surface area contributed by atoms with Crippen LogP contribution in [0.15, 0.2) is 53.8 Å². The molecule has 0 atom stereocenters. The SMILES string of the molecule is COc1ccc(CNc2ccc(Cc3c[nH]c4ncc(S(C)(=O)=O)cc34)c(F)n2)cn1. The second-order valence-electron chi connectivity index (χ2n) is 7.04. The number of fused-ring (bicyclic) bond motifs is 1. The first-order chi connectivity index (χ1) is 14.8. The summed E-state index contributed by atoms with van der Waals surface area (Å²) in [4.78, 5) is 15.4. The molecular formula is C21H20FN5O3S. The summed E-state index contributed by atoms with van der Waals surface area (Å²) in [6.45, 7) is 0.436. The van der Waals surface area contributed by atoms with Crippen molar-refractivity contribution in [2.24, 2.45) is 0 Å². The molecule has 0 aliphatic heterocycles. The Balaban J connectivity index is 1.50. The highest BCUT2D eigenvalue weighted by Crippen LogP contribution is 2.24. The number of sulfone groups is 1. The first kappa shape index (κ1) is 20.7. The van der Waals surface area contributed by atoms with Gasteiger partial charge in [0.15, 0.2) is 9.84 Å². The smallest absolute Gasteiger partial charge is 0.218 e. The molecule has 0 amide bonds. The van der Waals surface area contributed by atoms with E-state index in [1.54, 1.807) is 43.8 Å². The zero-order valence-electron chi connectivity index (χ0n) is 16.9. The summed E-state index contributed by atoms with van der Waals surface area (Å²) in [7, 11) is -1.84. The molecule has 8 nitrogen and oxygen atoms in total. The topological polar surface area (TPSA) is 110 Å². The van der Waals surface area contributed by atoms with Crippen LogP contribution in [0.2, 0.25) is 0 Å². The van der Waals surface area contributed by atoms with E-state index in [1.807, 2.05) is 6.07 Å². The van der Waals surface area contributed by atoms with Crippen molar-refractivity contribution in [2.45, 2.75) is 17.9 Å². The number of aromatic amines is 1. The second-order valence-corrected chi connectivity index (χ2v) is 9.05. The van der Waals surface area contributed by atoms with Gasteiger partial charge in [-0.2, -0.15) is 4.39 Å². The molecule has 0 spiro atoms. The number of halogens is 1. The molecule has 0 aliphatic rings. The Labute approximate surface area is 178 Å². The fourth-order valence-electron chi connectivity index (χ4n) is 3.12. The number of nitrogens with zero attached hydrogens (tertiary/aromatic N) is 3. The molecule has 10 heteroatoms. The lowest BCUT2D eigenvalue weighted by Crippen LogP contribution is -2.04. The van der Waals surface area contributed by atoms with E-state index in [2.05, 4.69) is 25.3 Å². The van der Waals surface area contributed by atoms with Gasteiger partial charge in [-0.05, 0) is 23.3 Å². The third kappa shape index (κ3) is 4.64. The molecule has 160 valence electrons. The predicted molar refractivity (Wildman–Crippen MR) is 114 cm³/mol. The van der Waals surface area contributed by atoms with Crippen LogP contribution >= 0.6 is 0 Å². The molecule has 0 bridgehead atoms. The lowest BCUT2D eigenvalue weighted by atomic mass is 10.1. The van der Waals surface area contributed by atoms with Crippen LogP contribution < -0.4 is 10.1 Å². The molecule has 0 unspecified atom stereocenters. The maximum Gasteiger partial charge on any atom is 0.218 e. The average Bonchev–Trinajstić information content (AvgIpc) is 3.16. The van der Waals surface area contributed by atoms with E-state index < -0.39 is 15.8 Å². The van der Waals surface area contributed by atoms with Crippen molar-refractivity contribution in [1.82, 2.24) is 19.9 Å². The van der Waals surface area contributed by atoms with Crippen molar-refractivity contribution in [2.75, 3.05) is 18.7 Å². The summed E-state index contributed by atoms with van der Waals surface area (Å²) in [5, 5.41) is 3.70. The molecule has 0 aromatic carbocycles. The second kappa shape index (κ2) is 8.31. The Morgan fingerprint density at radius 1 is 1.13 bits per heavy atom. The number of anilines is 1. The average molecular weight is 441 g/mol. The van der Waals surface area contributed by atoms with Gasteiger partial charge in [0.2, 0.25) is 11.8 Å². The fourth-order valence-corrected chi connectivity index (χ4v) is 3.69. The highest BCUT2D eigenvalue weighted by Gasteiger charge is 2.14. The zero-order valence-corrected chi connectivity index (χ0v) is 17.7. The first-order valence-electron chi connectivity index (χ1n) is 9.38. The van der Waals surface area contributed by atoms with Crippen LogP contribution in [0.1, 0.15) is 16.7 Å². The van der Waals surface area contributed by atoms with Crippen molar-refractivity contribution >= 4 is 26.7 Å². The highest BCUT2D eigenvalue weighted by molar-refractivity contribution is 7.90. The van der Waals surface area contributed by atoms with E-state index >= 15 is 0 Å². The van der Waals surface area contributed by atoms with Crippen molar-refractivity contribution < 1.29 is 17.5 Å². The fraction of sp³-hybridized carbons (Fsp3) is 0.190. The van der Waals surface area contributed by atoms with Gasteiger partial charge in [-0.3, -0.25) is 0 Å². The van der Waals surface area contributed by atoms with Crippen LogP contribution in [0.3, 0.4) is 0 Å². The molecule has 0 radical (unpaired) electrons. The standard InChI is InChI=1S/C21H20FN5O3S/c1-30-19-6-3-13(10-24-19)9-23-18-5-4-14(20(22)27-18)7-15-11-25-21-17(15)8-16(12-26-21)31(2,28)29/h3-6,8,10-12H,7,9H2,1-2H3,(H,23,27)(H,25,26). The summed E-state index contributed by atoms with van der Waals surface area (Å²) < 4.78 is 43.3. The molecule has 4 heterocycles. The van der Waals surface area contributed by atoms with Crippen molar-refractivity contribution in [1.29, 1.82) is 0 Å². The number of aromatic nitrogens is 4. The molecule has 4 rings (SSSR count). The van der Waals surface area contributed by atoms with Gasteiger partial charge >= 0.3 is 0 Å². The number of pyridine rings is 3. The minimum atomic E-state index is -3.39. The summed E-state index contributed by atoms with van der Waals surface area (Å²) in [5.74, 6) is 0.324. The largest absolute Gasteiger partial charge is 0.481 e. The maximum absolute atomic E-state index is 14.6. The van der Waals surface area contributed by atoms with Crippen LogP contribution in [0.4, 0.5) is 10.2 Å². The van der Waals surface area contributed by atoms with Gasteiger partial charge in [0.25, 0.3) is 0 Å². The van der Waals surface area contributed by atoms with Gasteiger partial charge in [0.1, 0.15) is 11.5 Å². The highest BCUT2D eigenvalue weighted by atomic mass is 32.2. The zero-order chi connectivity index (χ0) is 22.0. The Hall–Kier alpha value is -3.53. The number of hydrogen-bond acceptors (Lipinski definition) is 7. The summed E-state index contributed by atoms with van der Waals surface area (Å²) in [6, 6.07) is 8.51. The van der Waals surface area contributed by atoms with E-state index in [0.717, 1.165) is 17.4 Å². The molecule has 4 aromatic rings. The van der Waals surface area contributed by atoms with Crippen LogP contribution in [0.5, 0.6) is 5.88 Å². The number of rotatable bonds is 7.